The molecule has 0 unspecified atom stereocenters. The van der Waals surface area contributed by atoms with Gasteiger partial charge >= 0.3 is 5.97 Å². The average molecular weight is 372 g/mol. The van der Waals surface area contributed by atoms with Crippen molar-refractivity contribution in [3.05, 3.63) is 47.0 Å². The highest BCUT2D eigenvalue weighted by atomic mass is 32.2. The van der Waals surface area contributed by atoms with E-state index < -0.39 is 12.0 Å². The molecule has 0 aliphatic carbocycles. The number of thiocarbonyl (C=S) groups is 1. The molecule has 1 amide bonds. The minimum absolute atomic E-state index is 0.251. The molecule has 1 aromatic carbocycles. The molecule has 1 aromatic heterocycles. The largest absolute Gasteiger partial charge is 0.480 e. The van der Waals surface area contributed by atoms with Crippen LogP contribution in [0, 0.1) is 5.92 Å². The monoisotopic (exact) mass is 372 g/mol. The molecule has 128 valence electrons. The maximum atomic E-state index is 12.8. The number of nitrogens with zero attached hydrogens (tertiary/aromatic N) is 2. The third kappa shape index (κ3) is 3.29. The molecule has 7 heteroatoms. The summed E-state index contributed by atoms with van der Waals surface area (Å²) in [5.74, 6) is -1.68. The van der Waals surface area contributed by atoms with E-state index in [1.165, 1.54) is 4.90 Å². The number of pyridine rings is 1. The van der Waals surface area contributed by atoms with Gasteiger partial charge in [0.15, 0.2) is 0 Å². The molecule has 1 aliphatic heterocycles. The standard InChI is InChI=1S/C18H16N2O3S2/c1-10(2)15(17(22)23)20-16(21)13(25-18(20)24)9-12-6-3-5-11-7-4-8-19-14(11)12/h3-10,15H,1-2H3,(H,22,23)/b13-9-/t15-/m1/s1. The van der Waals surface area contributed by atoms with Crippen LogP contribution in [-0.2, 0) is 9.59 Å². The number of hydrogen-bond acceptors (Lipinski definition) is 5. The van der Waals surface area contributed by atoms with Gasteiger partial charge in [-0.25, -0.2) is 4.79 Å². The maximum Gasteiger partial charge on any atom is 0.327 e. The van der Waals surface area contributed by atoms with E-state index in [0.29, 0.717) is 4.91 Å². The summed E-state index contributed by atoms with van der Waals surface area (Å²) in [6.45, 7) is 3.52. The van der Waals surface area contributed by atoms with Gasteiger partial charge in [-0.1, -0.05) is 62.1 Å². The van der Waals surface area contributed by atoms with E-state index in [-0.39, 0.29) is 16.1 Å². The molecule has 0 spiro atoms. The number of para-hydroxylation sites is 1. The van der Waals surface area contributed by atoms with Crippen LogP contribution in [0.3, 0.4) is 0 Å². The Kier molecular flexibility index (Phi) is 4.87. The van der Waals surface area contributed by atoms with Crippen molar-refractivity contribution in [2.75, 3.05) is 0 Å². The Labute approximate surface area is 154 Å². The van der Waals surface area contributed by atoms with Gasteiger partial charge in [-0.05, 0) is 18.1 Å². The number of thioether (sulfide) groups is 1. The van der Waals surface area contributed by atoms with Crippen LogP contribution < -0.4 is 0 Å². The van der Waals surface area contributed by atoms with E-state index in [1.54, 1.807) is 26.1 Å². The summed E-state index contributed by atoms with van der Waals surface area (Å²) in [6, 6.07) is 8.55. The summed E-state index contributed by atoms with van der Waals surface area (Å²) in [5, 5.41) is 10.4. The highest BCUT2D eigenvalue weighted by Gasteiger charge is 2.41. The minimum atomic E-state index is -1.06. The zero-order valence-electron chi connectivity index (χ0n) is 13.7. The van der Waals surface area contributed by atoms with Crippen molar-refractivity contribution in [2.45, 2.75) is 19.9 Å². The first kappa shape index (κ1) is 17.6. The van der Waals surface area contributed by atoms with E-state index >= 15 is 0 Å². The quantitative estimate of drug-likeness (QED) is 0.654. The maximum absolute atomic E-state index is 12.8. The number of hydrogen-bond donors (Lipinski definition) is 1. The van der Waals surface area contributed by atoms with Crippen LogP contribution >= 0.6 is 24.0 Å². The van der Waals surface area contributed by atoms with Gasteiger partial charge in [0.25, 0.3) is 5.91 Å². The number of carbonyl (C=O) groups is 2. The molecule has 1 saturated heterocycles. The molecular weight excluding hydrogens is 356 g/mol. The molecule has 1 fully saturated rings. The van der Waals surface area contributed by atoms with Gasteiger partial charge in [-0.15, -0.1) is 0 Å². The highest BCUT2D eigenvalue weighted by Crippen LogP contribution is 2.36. The molecule has 0 saturated carbocycles. The Morgan fingerprint density at radius 2 is 2.04 bits per heavy atom. The third-order valence-electron chi connectivity index (χ3n) is 3.94. The number of aliphatic carboxylic acids is 1. The van der Waals surface area contributed by atoms with Crippen molar-refractivity contribution in [2.24, 2.45) is 5.92 Å². The molecule has 1 atom stereocenters. The molecule has 25 heavy (non-hydrogen) atoms. The smallest absolute Gasteiger partial charge is 0.327 e. The molecule has 0 radical (unpaired) electrons. The Morgan fingerprint density at radius 1 is 1.32 bits per heavy atom. The number of carbonyl (C=O) groups excluding carboxylic acids is 1. The van der Waals surface area contributed by atoms with Gasteiger partial charge in [0, 0.05) is 17.1 Å². The van der Waals surface area contributed by atoms with Gasteiger partial charge in [0.1, 0.15) is 10.4 Å². The van der Waals surface area contributed by atoms with Gasteiger partial charge in [0.2, 0.25) is 0 Å². The van der Waals surface area contributed by atoms with Crippen LogP contribution in [0.1, 0.15) is 19.4 Å². The first-order valence-corrected chi connectivity index (χ1v) is 8.96. The highest BCUT2D eigenvalue weighted by molar-refractivity contribution is 8.26. The summed E-state index contributed by atoms with van der Waals surface area (Å²) in [6.07, 6.45) is 3.43. The molecule has 3 rings (SSSR count). The molecule has 0 bridgehead atoms. The molecule has 1 aliphatic rings. The Morgan fingerprint density at radius 3 is 2.72 bits per heavy atom. The van der Waals surface area contributed by atoms with Crippen molar-refractivity contribution in [1.29, 1.82) is 0 Å². The second-order valence-corrected chi connectivity index (χ2v) is 7.68. The number of benzene rings is 1. The minimum Gasteiger partial charge on any atom is -0.480 e. The Hall–Kier alpha value is -2.25. The van der Waals surface area contributed by atoms with Crippen LogP contribution in [-0.4, -0.2) is 37.2 Å². The summed E-state index contributed by atoms with van der Waals surface area (Å²) in [5.41, 5.74) is 1.59. The predicted molar refractivity (Wildman–Crippen MR) is 103 cm³/mol. The molecule has 2 aromatic rings. The van der Waals surface area contributed by atoms with Crippen LogP contribution in [0.2, 0.25) is 0 Å². The lowest BCUT2D eigenvalue weighted by Gasteiger charge is -2.26. The van der Waals surface area contributed by atoms with Gasteiger partial charge in [-0.2, -0.15) is 0 Å². The summed E-state index contributed by atoms with van der Waals surface area (Å²) in [4.78, 5) is 30.3. The summed E-state index contributed by atoms with van der Waals surface area (Å²) in [7, 11) is 0. The fourth-order valence-corrected chi connectivity index (χ4v) is 4.12. The van der Waals surface area contributed by atoms with Gasteiger partial charge in [-0.3, -0.25) is 14.7 Å². The second-order valence-electron chi connectivity index (χ2n) is 6.00. The molecule has 5 nitrogen and oxygen atoms in total. The van der Waals surface area contributed by atoms with Crippen molar-refractivity contribution in [3.63, 3.8) is 0 Å². The Balaban J connectivity index is 2.02. The zero-order valence-corrected chi connectivity index (χ0v) is 15.3. The fraction of sp³-hybridized carbons (Fsp3) is 0.222. The van der Waals surface area contributed by atoms with Crippen LogP contribution in [0.15, 0.2) is 41.4 Å². The van der Waals surface area contributed by atoms with Crippen molar-refractivity contribution < 1.29 is 14.7 Å². The average Bonchev–Trinajstić information content (AvgIpc) is 2.83. The van der Waals surface area contributed by atoms with Gasteiger partial charge < -0.3 is 5.11 Å². The van der Waals surface area contributed by atoms with E-state index in [2.05, 4.69) is 4.98 Å². The fourth-order valence-electron chi connectivity index (χ4n) is 2.80. The molecule has 1 N–H and O–H groups in total. The van der Waals surface area contributed by atoms with E-state index in [4.69, 9.17) is 12.2 Å². The number of carboxylic acids is 1. The SMILES string of the molecule is CC(C)[C@H](C(=O)O)N1C(=O)/C(=C/c2cccc3cccnc23)SC1=S. The number of amides is 1. The first-order chi connectivity index (χ1) is 11.9. The number of carboxylic acid groups (broad SMARTS) is 1. The van der Waals surface area contributed by atoms with E-state index in [9.17, 15) is 14.7 Å². The summed E-state index contributed by atoms with van der Waals surface area (Å²) < 4.78 is 0.269. The van der Waals surface area contributed by atoms with E-state index in [0.717, 1.165) is 28.2 Å². The van der Waals surface area contributed by atoms with Crippen LogP contribution in [0.5, 0.6) is 0 Å². The summed E-state index contributed by atoms with van der Waals surface area (Å²) >= 11 is 6.40. The topological polar surface area (TPSA) is 70.5 Å². The second kappa shape index (κ2) is 6.93. The lowest BCUT2D eigenvalue weighted by molar-refractivity contribution is -0.146. The third-order valence-corrected chi connectivity index (χ3v) is 5.27. The number of rotatable bonds is 4. The predicted octanol–water partition coefficient (Wildman–Crippen LogP) is 3.55. The van der Waals surface area contributed by atoms with Crippen LogP contribution in [0.25, 0.3) is 17.0 Å². The lowest BCUT2D eigenvalue weighted by atomic mass is 10.0. The van der Waals surface area contributed by atoms with E-state index in [1.807, 2.05) is 30.3 Å². The van der Waals surface area contributed by atoms with Crippen LogP contribution in [0.4, 0.5) is 0 Å². The normalized spacial score (nSPS) is 17.7. The first-order valence-electron chi connectivity index (χ1n) is 7.73. The zero-order chi connectivity index (χ0) is 18.1. The molecular formula is C18H16N2O3S2. The van der Waals surface area contributed by atoms with Crippen molar-refractivity contribution >= 4 is 57.2 Å². The number of aromatic nitrogens is 1. The number of fused-ring (bicyclic) bond motifs is 1. The van der Waals surface area contributed by atoms with Gasteiger partial charge in [0.05, 0.1) is 10.4 Å². The van der Waals surface area contributed by atoms with Crippen molar-refractivity contribution in [3.8, 4) is 0 Å². The molecule has 2 heterocycles. The Bertz CT molecular complexity index is 903. The van der Waals surface area contributed by atoms with Crippen molar-refractivity contribution in [1.82, 2.24) is 9.88 Å². The lowest BCUT2D eigenvalue weighted by Crippen LogP contribution is -2.47.